The van der Waals surface area contributed by atoms with Crippen LogP contribution in [0.15, 0.2) is 35.9 Å². The lowest BCUT2D eigenvalue weighted by atomic mass is 9.80. The molecule has 2 fully saturated rings. The standard InChI is InChI=1S/C21H32N2/c1-17(15-18-9-4-2-5-10-18)16-23-21(20-13-8-14-22-20)19-11-6-3-7-12-19/h2,4-5,9-10,15,19-23H,3,6-8,11-14,16H2,1H3/b17-15+. The summed E-state index contributed by atoms with van der Waals surface area (Å²) in [7, 11) is 0. The summed E-state index contributed by atoms with van der Waals surface area (Å²) >= 11 is 0. The van der Waals surface area contributed by atoms with Gasteiger partial charge in [0.1, 0.15) is 0 Å². The summed E-state index contributed by atoms with van der Waals surface area (Å²) in [6.45, 7) is 4.46. The van der Waals surface area contributed by atoms with E-state index in [0.29, 0.717) is 12.1 Å². The van der Waals surface area contributed by atoms with Gasteiger partial charge in [-0.05, 0) is 50.6 Å². The van der Waals surface area contributed by atoms with E-state index in [2.05, 4.69) is 54.0 Å². The molecule has 1 heterocycles. The van der Waals surface area contributed by atoms with E-state index in [9.17, 15) is 0 Å². The predicted octanol–water partition coefficient (Wildman–Crippen LogP) is 4.38. The molecule has 1 saturated carbocycles. The van der Waals surface area contributed by atoms with Crippen LogP contribution in [-0.2, 0) is 0 Å². The van der Waals surface area contributed by atoms with Crippen LogP contribution in [0.5, 0.6) is 0 Å². The summed E-state index contributed by atoms with van der Waals surface area (Å²) in [4.78, 5) is 0. The van der Waals surface area contributed by atoms with E-state index in [1.807, 2.05) is 0 Å². The summed E-state index contributed by atoms with van der Waals surface area (Å²) in [5.41, 5.74) is 2.73. The summed E-state index contributed by atoms with van der Waals surface area (Å²) in [5, 5.41) is 7.67. The van der Waals surface area contributed by atoms with Gasteiger partial charge in [-0.3, -0.25) is 0 Å². The maximum atomic E-state index is 3.92. The molecular weight excluding hydrogens is 280 g/mol. The van der Waals surface area contributed by atoms with E-state index in [4.69, 9.17) is 0 Å². The second-order valence-corrected chi connectivity index (χ2v) is 7.41. The molecule has 1 aliphatic heterocycles. The van der Waals surface area contributed by atoms with Crippen molar-refractivity contribution in [2.24, 2.45) is 5.92 Å². The summed E-state index contributed by atoms with van der Waals surface area (Å²) in [6, 6.07) is 12.0. The molecular formula is C21H32N2. The molecule has 0 amide bonds. The Balaban J connectivity index is 1.60. The van der Waals surface area contributed by atoms with Crippen LogP contribution in [0, 0.1) is 5.92 Å². The van der Waals surface area contributed by atoms with Crippen molar-refractivity contribution in [1.29, 1.82) is 0 Å². The highest BCUT2D eigenvalue weighted by Gasteiger charge is 2.31. The third kappa shape index (κ3) is 4.92. The zero-order valence-corrected chi connectivity index (χ0v) is 14.6. The lowest BCUT2D eigenvalue weighted by Gasteiger charge is -2.35. The molecule has 3 rings (SSSR count). The third-order valence-electron chi connectivity index (χ3n) is 5.52. The lowest BCUT2D eigenvalue weighted by Crippen LogP contribution is -2.50. The van der Waals surface area contributed by atoms with E-state index in [0.717, 1.165) is 12.5 Å². The minimum absolute atomic E-state index is 0.650. The van der Waals surface area contributed by atoms with Gasteiger partial charge in [-0.2, -0.15) is 0 Å². The van der Waals surface area contributed by atoms with Gasteiger partial charge in [-0.1, -0.05) is 61.2 Å². The first-order valence-corrected chi connectivity index (χ1v) is 9.52. The molecule has 0 aromatic heterocycles. The highest BCUT2D eigenvalue weighted by molar-refractivity contribution is 5.52. The Morgan fingerprint density at radius 2 is 1.91 bits per heavy atom. The Morgan fingerprint density at radius 3 is 2.61 bits per heavy atom. The van der Waals surface area contributed by atoms with Crippen LogP contribution in [0.3, 0.4) is 0 Å². The maximum Gasteiger partial charge on any atom is 0.0252 e. The van der Waals surface area contributed by atoms with Gasteiger partial charge in [0.05, 0.1) is 0 Å². The summed E-state index contributed by atoms with van der Waals surface area (Å²) in [5.74, 6) is 0.865. The van der Waals surface area contributed by atoms with Crippen molar-refractivity contribution in [1.82, 2.24) is 10.6 Å². The monoisotopic (exact) mass is 312 g/mol. The largest absolute Gasteiger partial charge is 0.312 e. The smallest absolute Gasteiger partial charge is 0.0252 e. The molecule has 1 aromatic carbocycles. The second-order valence-electron chi connectivity index (χ2n) is 7.41. The highest BCUT2D eigenvalue weighted by Crippen LogP contribution is 2.29. The van der Waals surface area contributed by atoms with Crippen molar-refractivity contribution in [2.45, 2.75) is 64.0 Å². The molecule has 0 radical (unpaired) electrons. The number of rotatable bonds is 6. The maximum absolute atomic E-state index is 3.92. The first kappa shape index (κ1) is 16.7. The molecule has 2 heteroatoms. The minimum atomic E-state index is 0.650. The highest BCUT2D eigenvalue weighted by atomic mass is 15.0. The van der Waals surface area contributed by atoms with E-state index in [-0.39, 0.29) is 0 Å². The Labute approximate surface area is 141 Å². The summed E-state index contributed by atoms with van der Waals surface area (Å²) < 4.78 is 0. The van der Waals surface area contributed by atoms with E-state index in [1.165, 1.54) is 62.6 Å². The fourth-order valence-corrected chi connectivity index (χ4v) is 4.31. The van der Waals surface area contributed by atoms with Crippen LogP contribution in [0.1, 0.15) is 57.4 Å². The number of benzene rings is 1. The van der Waals surface area contributed by atoms with Gasteiger partial charge in [0.25, 0.3) is 0 Å². The van der Waals surface area contributed by atoms with Gasteiger partial charge in [-0.25, -0.2) is 0 Å². The van der Waals surface area contributed by atoms with Crippen molar-refractivity contribution in [2.75, 3.05) is 13.1 Å². The predicted molar refractivity (Wildman–Crippen MR) is 99.5 cm³/mol. The van der Waals surface area contributed by atoms with Crippen LogP contribution in [-0.4, -0.2) is 25.2 Å². The van der Waals surface area contributed by atoms with Gasteiger partial charge in [-0.15, -0.1) is 0 Å². The Bertz CT molecular complexity index is 482. The van der Waals surface area contributed by atoms with E-state index >= 15 is 0 Å². The molecule has 126 valence electrons. The lowest BCUT2D eigenvalue weighted by molar-refractivity contribution is 0.234. The second kappa shape index (κ2) is 8.65. The third-order valence-corrected chi connectivity index (χ3v) is 5.52. The van der Waals surface area contributed by atoms with Gasteiger partial charge in [0.15, 0.2) is 0 Å². The number of nitrogens with one attached hydrogen (secondary N) is 2. The molecule has 0 spiro atoms. The van der Waals surface area contributed by atoms with E-state index < -0.39 is 0 Å². The molecule has 0 bridgehead atoms. The molecule has 2 nitrogen and oxygen atoms in total. The molecule has 2 aliphatic rings. The first-order valence-electron chi connectivity index (χ1n) is 9.52. The fourth-order valence-electron chi connectivity index (χ4n) is 4.31. The molecule has 2 unspecified atom stereocenters. The zero-order chi connectivity index (χ0) is 15.9. The van der Waals surface area contributed by atoms with Crippen molar-refractivity contribution in [3.8, 4) is 0 Å². The van der Waals surface area contributed by atoms with Crippen molar-refractivity contribution >= 4 is 6.08 Å². The van der Waals surface area contributed by atoms with Crippen molar-refractivity contribution in [3.63, 3.8) is 0 Å². The Morgan fingerprint density at radius 1 is 1.13 bits per heavy atom. The molecule has 23 heavy (non-hydrogen) atoms. The number of hydrogen-bond acceptors (Lipinski definition) is 2. The molecule has 2 N–H and O–H groups in total. The van der Waals surface area contributed by atoms with Gasteiger partial charge in [0.2, 0.25) is 0 Å². The van der Waals surface area contributed by atoms with Crippen LogP contribution >= 0.6 is 0 Å². The van der Waals surface area contributed by atoms with Crippen molar-refractivity contribution in [3.05, 3.63) is 41.5 Å². The SMILES string of the molecule is C/C(=C\c1ccccc1)CNC(C1CCCCC1)C1CCCN1. The van der Waals surface area contributed by atoms with Crippen LogP contribution in [0.25, 0.3) is 6.08 Å². The molecule has 1 aromatic rings. The zero-order valence-electron chi connectivity index (χ0n) is 14.6. The molecule has 2 atom stereocenters. The van der Waals surface area contributed by atoms with Gasteiger partial charge >= 0.3 is 0 Å². The van der Waals surface area contributed by atoms with Crippen molar-refractivity contribution < 1.29 is 0 Å². The van der Waals surface area contributed by atoms with Gasteiger partial charge < -0.3 is 10.6 Å². The van der Waals surface area contributed by atoms with Crippen LogP contribution in [0.4, 0.5) is 0 Å². The van der Waals surface area contributed by atoms with Gasteiger partial charge in [0, 0.05) is 18.6 Å². The normalized spacial score (nSPS) is 24.7. The first-order chi connectivity index (χ1) is 11.3. The van der Waals surface area contributed by atoms with Crippen LogP contribution in [0.2, 0.25) is 0 Å². The fraction of sp³-hybridized carbons (Fsp3) is 0.619. The summed E-state index contributed by atoms with van der Waals surface area (Å²) in [6.07, 6.45) is 12.1. The topological polar surface area (TPSA) is 24.1 Å². The Hall–Kier alpha value is -1.12. The average Bonchev–Trinajstić information content (AvgIpc) is 3.11. The number of hydrogen-bond donors (Lipinski definition) is 2. The quantitative estimate of drug-likeness (QED) is 0.814. The average molecular weight is 313 g/mol. The van der Waals surface area contributed by atoms with Crippen LogP contribution < -0.4 is 10.6 Å². The molecule has 1 aliphatic carbocycles. The molecule has 1 saturated heterocycles. The van der Waals surface area contributed by atoms with E-state index in [1.54, 1.807) is 0 Å². The Kier molecular flexibility index (Phi) is 6.29. The minimum Gasteiger partial charge on any atom is -0.312 e.